The first-order chi connectivity index (χ1) is 15.7. The molecule has 0 atom stereocenters. The van der Waals surface area contributed by atoms with Crippen molar-refractivity contribution in [1.29, 1.82) is 0 Å². The fourth-order valence-corrected chi connectivity index (χ4v) is 4.44. The Hall–Kier alpha value is -3.18. The van der Waals surface area contributed by atoms with Crippen LogP contribution in [0.1, 0.15) is 29.9 Å². The van der Waals surface area contributed by atoms with Crippen LogP contribution in [0.5, 0.6) is 11.5 Å². The quantitative estimate of drug-likeness (QED) is 0.316. The summed E-state index contributed by atoms with van der Waals surface area (Å²) in [4.78, 5) is 25.0. The van der Waals surface area contributed by atoms with Gasteiger partial charge < -0.3 is 13.7 Å². The molecular weight excluding hydrogens is 516 g/mol. The van der Waals surface area contributed by atoms with Gasteiger partial charge in [0.2, 0.25) is 5.69 Å². The average Bonchev–Trinajstić information content (AvgIpc) is 2.76. The molecule has 3 rings (SSSR count). The monoisotopic (exact) mass is 536 g/mol. The largest absolute Gasteiger partial charge is 0.492 e. The van der Waals surface area contributed by atoms with E-state index >= 15 is 0 Å². The molecule has 33 heavy (non-hydrogen) atoms. The van der Waals surface area contributed by atoms with Crippen LogP contribution >= 0.6 is 15.9 Å². The fraction of sp³-hybridized carbons (Fsp3) is 0.227. The van der Waals surface area contributed by atoms with Gasteiger partial charge in [0.25, 0.3) is 5.56 Å². The van der Waals surface area contributed by atoms with Crippen molar-refractivity contribution in [3.05, 3.63) is 74.6 Å². The number of carbonyl (C=O) groups excluding carboxylic acids is 1. The second kappa shape index (κ2) is 10.2. The van der Waals surface area contributed by atoms with Crippen molar-refractivity contribution in [3.63, 3.8) is 0 Å². The van der Waals surface area contributed by atoms with Crippen molar-refractivity contribution in [3.8, 4) is 17.2 Å². The molecule has 0 spiro atoms. The molecule has 2 aromatic carbocycles. The van der Waals surface area contributed by atoms with Gasteiger partial charge in [0, 0.05) is 4.47 Å². The second-order valence-corrected chi connectivity index (χ2v) is 9.16. The zero-order chi connectivity index (χ0) is 24.2. The number of carbonyl (C=O) groups is 1. The summed E-state index contributed by atoms with van der Waals surface area (Å²) >= 11 is 3.22. The summed E-state index contributed by atoms with van der Waals surface area (Å²) in [5, 5.41) is 4.04. The SMILES string of the molecule is CCOC(=O)c1nn(-c2ccc(C)cc2)c(=O)cc1OS(=O)(=O)c1cc(Br)ccc1OCC. The first-order valence-electron chi connectivity index (χ1n) is 9.91. The molecule has 3 aromatic rings. The van der Waals surface area contributed by atoms with Crippen LogP contribution in [0.2, 0.25) is 0 Å². The Balaban J connectivity index is 2.13. The molecule has 11 heteroatoms. The van der Waals surface area contributed by atoms with Gasteiger partial charge in [-0.3, -0.25) is 4.79 Å². The highest BCUT2D eigenvalue weighted by molar-refractivity contribution is 9.10. The maximum Gasteiger partial charge on any atom is 0.362 e. The van der Waals surface area contributed by atoms with E-state index in [0.717, 1.165) is 16.3 Å². The number of aromatic nitrogens is 2. The Morgan fingerprint density at radius 2 is 1.73 bits per heavy atom. The molecule has 0 saturated carbocycles. The molecule has 0 unspecified atom stereocenters. The Labute approximate surface area is 199 Å². The molecule has 1 heterocycles. The van der Waals surface area contributed by atoms with Gasteiger partial charge in [-0.15, -0.1) is 0 Å². The number of rotatable bonds is 8. The smallest absolute Gasteiger partial charge is 0.362 e. The standard InChI is InChI=1S/C22H21BrN2O7S/c1-4-30-17-11-8-15(23)12-19(17)33(28,29)32-18-13-20(26)25(16-9-6-14(3)7-10-16)24-21(18)22(27)31-5-2/h6-13H,4-5H2,1-3H3. The third kappa shape index (κ3) is 5.60. The summed E-state index contributed by atoms with van der Waals surface area (Å²) in [5.74, 6) is -1.44. The topological polar surface area (TPSA) is 114 Å². The normalized spacial score (nSPS) is 11.2. The van der Waals surface area contributed by atoms with E-state index < -0.39 is 33.1 Å². The Bertz CT molecular complexity index is 1340. The molecule has 0 fully saturated rings. The highest BCUT2D eigenvalue weighted by Crippen LogP contribution is 2.30. The van der Waals surface area contributed by atoms with Gasteiger partial charge in [-0.2, -0.15) is 18.2 Å². The lowest BCUT2D eigenvalue weighted by molar-refractivity contribution is 0.0515. The van der Waals surface area contributed by atoms with Gasteiger partial charge in [-0.1, -0.05) is 33.6 Å². The van der Waals surface area contributed by atoms with E-state index in [1.807, 2.05) is 6.92 Å². The molecule has 0 radical (unpaired) electrons. The van der Waals surface area contributed by atoms with Gasteiger partial charge in [0.15, 0.2) is 5.75 Å². The number of benzene rings is 2. The maximum absolute atomic E-state index is 13.1. The predicted molar refractivity (Wildman–Crippen MR) is 124 cm³/mol. The zero-order valence-corrected chi connectivity index (χ0v) is 20.5. The van der Waals surface area contributed by atoms with E-state index in [0.29, 0.717) is 10.2 Å². The molecule has 0 aliphatic carbocycles. The Kier molecular flexibility index (Phi) is 7.54. The number of esters is 1. The summed E-state index contributed by atoms with van der Waals surface area (Å²) < 4.78 is 43.2. The molecule has 0 aliphatic heterocycles. The molecule has 0 aliphatic rings. The van der Waals surface area contributed by atoms with Gasteiger partial charge in [0.05, 0.1) is 25.0 Å². The van der Waals surface area contributed by atoms with Crippen LogP contribution in [0.4, 0.5) is 0 Å². The number of hydrogen-bond acceptors (Lipinski definition) is 8. The summed E-state index contributed by atoms with van der Waals surface area (Å²) in [6.45, 7) is 5.39. The highest BCUT2D eigenvalue weighted by atomic mass is 79.9. The van der Waals surface area contributed by atoms with Crippen molar-refractivity contribution in [1.82, 2.24) is 9.78 Å². The van der Waals surface area contributed by atoms with E-state index in [-0.39, 0.29) is 23.9 Å². The lowest BCUT2D eigenvalue weighted by atomic mass is 10.2. The van der Waals surface area contributed by atoms with Crippen molar-refractivity contribution < 1.29 is 26.9 Å². The van der Waals surface area contributed by atoms with Crippen molar-refractivity contribution in [2.45, 2.75) is 25.7 Å². The predicted octanol–water partition coefficient (Wildman–Crippen LogP) is 3.65. The van der Waals surface area contributed by atoms with Crippen molar-refractivity contribution in [2.24, 2.45) is 0 Å². The van der Waals surface area contributed by atoms with E-state index in [1.165, 1.54) is 12.1 Å². The van der Waals surface area contributed by atoms with Crippen LogP contribution in [-0.4, -0.2) is 37.4 Å². The van der Waals surface area contributed by atoms with Gasteiger partial charge in [0.1, 0.15) is 10.6 Å². The van der Waals surface area contributed by atoms with Crippen molar-refractivity contribution in [2.75, 3.05) is 13.2 Å². The van der Waals surface area contributed by atoms with Crippen LogP contribution in [0.15, 0.2) is 62.7 Å². The molecular formula is C22H21BrN2O7S. The average molecular weight is 537 g/mol. The van der Waals surface area contributed by atoms with Gasteiger partial charge in [-0.05, 0) is 51.1 Å². The first kappa shape index (κ1) is 24.5. The summed E-state index contributed by atoms with van der Waals surface area (Å²) in [6.07, 6.45) is 0. The number of hydrogen-bond donors (Lipinski definition) is 0. The van der Waals surface area contributed by atoms with E-state index in [1.54, 1.807) is 44.2 Å². The minimum atomic E-state index is -4.51. The summed E-state index contributed by atoms with van der Waals surface area (Å²) in [5.41, 5.74) is 0.184. The first-order valence-corrected chi connectivity index (χ1v) is 12.1. The number of nitrogens with zero attached hydrogens (tertiary/aromatic N) is 2. The number of halogens is 1. The molecule has 0 amide bonds. The minimum absolute atomic E-state index is 0.0104. The summed E-state index contributed by atoms with van der Waals surface area (Å²) in [7, 11) is -4.51. The van der Waals surface area contributed by atoms with Crippen LogP contribution < -0.4 is 14.5 Å². The van der Waals surface area contributed by atoms with Crippen molar-refractivity contribution >= 4 is 32.0 Å². The van der Waals surface area contributed by atoms with E-state index in [2.05, 4.69) is 21.0 Å². The van der Waals surface area contributed by atoms with Crippen LogP contribution in [0.25, 0.3) is 5.69 Å². The third-order valence-electron chi connectivity index (χ3n) is 4.32. The van der Waals surface area contributed by atoms with Gasteiger partial charge >= 0.3 is 16.1 Å². The zero-order valence-electron chi connectivity index (χ0n) is 18.1. The summed E-state index contributed by atoms with van der Waals surface area (Å²) in [6, 6.07) is 12.1. The fourth-order valence-electron chi connectivity index (χ4n) is 2.83. The lowest BCUT2D eigenvalue weighted by Crippen LogP contribution is -2.26. The van der Waals surface area contributed by atoms with Gasteiger partial charge in [-0.25, -0.2) is 4.79 Å². The number of aryl methyl sites for hydroxylation is 1. The molecule has 0 N–H and O–H groups in total. The molecule has 0 saturated heterocycles. The maximum atomic E-state index is 13.1. The molecule has 0 bridgehead atoms. The van der Waals surface area contributed by atoms with Crippen LogP contribution in [0.3, 0.4) is 0 Å². The Morgan fingerprint density at radius 1 is 1.03 bits per heavy atom. The van der Waals surface area contributed by atoms with Crippen LogP contribution in [0, 0.1) is 6.92 Å². The highest BCUT2D eigenvalue weighted by Gasteiger charge is 2.28. The van der Waals surface area contributed by atoms with E-state index in [4.69, 9.17) is 13.7 Å². The number of ether oxygens (including phenoxy) is 2. The minimum Gasteiger partial charge on any atom is -0.492 e. The van der Waals surface area contributed by atoms with Crippen LogP contribution in [-0.2, 0) is 14.9 Å². The molecule has 1 aromatic heterocycles. The Morgan fingerprint density at radius 3 is 2.36 bits per heavy atom. The molecule has 9 nitrogen and oxygen atoms in total. The third-order valence-corrected chi connectivity index (χ3v) is 6.07. The molecule has 174 valence electrons. The van der Waals surface area contributed by atoms with E-state index in [9.17, 15) is 18.0 Å². The lowest BCUT2D eigenvalue weighted by Gasteiger charge is -2.14. The second-order valence-electron chi connectivity index (χ2n) is 6.72.